The van der Waals surface area contributed by atoms with Gasteiger partial charge < -0.3 is 19.3 Å². The highest BCUT2D eigenvalue weighted by Crippen LogP contribution is 2.41. The molecule has 146 valence electrons. The van der Waals surface area contributed by atoms with Crippen molar-refractivity contribution in [3.05, 3.63) is 23.7 Å². The fourth-order valence-corrected chi connectivity index (χ4v) is 4.46. The van der Waals surface area contributed by atoms with Gasteiger partial charge in [-0.2, -0.15) is 0 Å². The Labute approximate surface area is 161 Å². The summed E-state index contributed by atoms with van der Waals surface area (Å²) in [7, 11) is 0. The normalized spacial score (nSPS) is 26.3. The molecule has 1 aliphatic carbocycles. The van der Waals surface area contributed by atoms with Crippen LogP contribution in [-0.2, 0) is 0 Å². The first-order valence-corrected chi connectivity index (χ1v) is 10.2. The minimum Gasteiger partial charge on any atom is -0.443 e. The molecular weight excluding hydrogens is 340 g/mol. The molecule has 1 amide bonds. The van der Waals surface area contributed by atoms with Crippen LogP contribution in [-0.4, -0.2) is 59.1 Å². The standard InChI is InChI=1S/C22H30N2O3/c1-21(2,26)10-8-18-6-7-19(27-18)20(25)24-13-11-22(16-24)9-3-12-23(15-22)14-17-4-5-17/h6-7,17,26H,3-5,9,11-16H2,1-2H3. The fraction of sp³-hybridized carbons (Fsp3) is 0.682. The molecule has 2 saturated heterocycles. The van der Waals surface area contributed by atoms with Crippen molar-refractivity contribution in [2.24, 2.45) is 11.3 Å². The van der Waals surface area contributed by atoms with Crippen molar-refractivity contribution in [2.45, 2.75) is 51.6 Å². The van der Waals surface area contributed by atoms with E-state index < -0.39 is 5.60 Å². The van der Waals surface area contributed by atoms with Gasteiger partial charge in [-0.25, -0.2) is 0 Å². The quantitative estimate of drug-likeness (QED) is 0.832. The third-order valence-electron chi connectivity index (χ3n) is 5.99. The zero-order chi connectivity index (χ0) is 19.1. The highest BCUT2D eigenvalue weighted by Gasteiger charge is 2.44. The minimum atomic E-state index is -1.08. The average molecular weight is 370 g/mol. The van der Waals surface area contributed by atoms with Crippen molar-refractivity contribution < 1.29 is 14.3 Å². The number of rotatable bonds is 3. The molecule has 3 heterocycles. The molecule has 1 aromatic heterocycles. The zero-order valence-corrected chi connectivity index (χ0v) is 16.5. The molecular formula is C22H30N2O3. The molecule has 27 heavy (non-hydrogen) atoms. The first kappa shape index (κ1) is 18.6. The van der Waals surface area contributed by atoms with Crippen LogP contribution in [0.3, 0.4) is 0 Å². The summed E-state index contributed by atoms with van der Waals surface area (Å²) in [6, 6.07) is 3.40. The van der Waals surface area contributed by atoms with E-state index in [1.54, 1.807) is 26.0 Å². The number of amides is 1. The summed E-state index contributed by atoms with van der Waals surface area (Å²) < 4.78 is 5.62. The van der Waals surface area contributed by atoms with E-state index in [2.05, 4.69) is 16.7 Å². The Hall–Kier alpha value is -1.77. The molecule has 3 fully saturated rings. The van der Waals surface area contributed by atoms with E-state index in [4.69, 9.17) is 4.42 Å². The predicted octanol–water partition coefficient (Wildman–Crippen LogP) is 2.74. The van der Waals surface area contributed by atoms with Crippen LogP contribution in [0.4, 0.5) is 0 Å². The van der Waals surface area contributed by atoms with Crippen molar-refractivity contribution in [2.75, 3.05) is 32.7 Å². The molecule has 4 rings (SSSR count). The lowest BCUT2D eigenvalue weighted by Gasteiger charge is -2.40. The molecule has 1 spiro atoms. The van der Waals surface area contributed by atoms with Gasteiger partial charge in [0.25, 0.3) is 5.91 Å². The van der Waals surface area contributed by atoms with Gasteiger partial charge in [-0.05, 0) is 76.5 Å². The smallest absolute Gasteiger partial charge is 0.289 e. The molecule has 3 aliphatic rings. The van der Waals surface area contributed by atoms with E-state index in [9.17, 15) is 9.90 Å². The summed E-state index contributed by atoms with van der Waals surface area (Å²) in [5.41, 5.74) is -0.815. The van der Waals surface area contributed by atoms with Crippen LogP contribution in [0.2, 0.25) is 0 Å². The molecule has 1 saturated carbocycles. The van der Waals surface area contributed by atoms with Gasteiger partial charge in [0.2, 0.25) is 0 Å². The van der Waals surface area contributed by atoms with Gasteiger partial charge >= 0.3 is 0 Å². The molecule has 1 aromatic rings. The third kappa shape index (κ3) is 4.56. The largest absolute Gasteiger partial charge is 0.443 e. The number of hydrogen-bond acceptors (Lipinski definition) is 4. The van der Waals surface area contributed by atoms with Gasteiger partial charge in [-0.15, -0.1) is 0 Å². The number of carbonyl (C=O) groups excluding carboxylic acids is 1. The lowest BCUT2D eigenvalue weighted by molar-refractivity contribution is 0.0656. The molecule has 5 heteroatoms. The van der Waals surface area contributed by atoms with E-state index in [1.807, 2.05) is 4.90 Å². The highest BCUT2D eigenvalue weighted by molar-refractivity contribution is 5.91. The second-order valence-corrected chi connectivity index (χ2v) is 9.23. The van der Waals surface area contributed by atoms with Crippen molar-refractivity contribution in [3.8, 4) is 11.8 Å². The fourth-order valence-electron chi connectivity index (χ4n) is 4.46. The monoisotopic (exact) mass is 370 g/mol. The Balaban J connectivity index is 1.39. The number of nitrogens with zero attached hydrogens (tertiary/aromatic N) is 2. The maximum absolute atomic E-state index is 12.9. The molecule has 0 radical (unpaired) electrons. The number of piperidine rings is 1. The summed E-state index contributed by atoms with van der Waals surface area (Å²) in [6.45, 7) is 8.48. The van der Waals surface area contributed by atoms with Gasteiger partial charge in [-0.3, -0.25) is 4.79 Å². The van der Waals surface area contributed by atoms with Crippen molar-refractivity contribution >= 4 is 5.91 Å². The topological polar surface area (TPSA) is 56.9 Å². The van der Waals surface area contributed by atoms with Crippen LogP contribution in [0.1, 0.15) is 62.3 Å². The lowest BCUT2D eigenvalue weighted by atomic mass is 9.79. The van der Waals surface area contributed by atoms with E-state index in [-0.39, 0.29) is 11.3 Å². The Morgan fingerprint density at radius 2 is 2.11 bits per heavy atom. The van der Waals surface area contributed by atoms with Crippen LogP contribution in [0.15, 0.2) is 16.5 Å². The Kier molecular flexibility index (Phi) is 4.82. The summed E-state index contributed by atoms with van der Waals surface area (Å²) in [5, 5.41) is 9.69. The van der Waals surface area contributed by atoms with Crippen molar-refractivity contribution in [3.63, 3.8) is 0 Å². The van der Waals surface area contributed by atoms with E-state index in [0.717, 1.165) is 32.0 Å². The Morgan fingerprint density at radius 3 is 2.85 bits per heavy atom. The van der Waals surface area contributed by atoms with E-state index >= 15 is 0 Å². The van der Waals surface area contributed by atoms with E-state index in [0.29, 0.717) is 11.5 Å². The SMILES string of the molecule is CC(C)(O)C#Cc1ccc(C(=O)N2CCC3(CCCN(CC4CC4)C3)C2)o1. The lowest BCUT2D eigenvalue weighted by Crippen LogP contribution is -2.46. The molecule has 1 N–H and O–H groups in total. The van der Waals surface area contributed by atoms with Crippen molar-refractivity contribution in [1.29, 1.82) is 0 Å². The second-order valence-electron chi connectivity index (χ2n) is 9.23. The van der Waals surface area contributed by atoms with Crippen LogP contribution >= 0.6 is 0 Å². The summed E-state index contributed by atoms with van der Waals surface area (Å²) in [5.74, 6) is 7.15. The van der Waals surface area contributed by atoms with Gasteiger partial charge in [0.05, 0.1) is 0 Å². The maximum Gasteiger partial charge on any atom is 0.289 e. The van der Waals surface area contributed by atoms with Crippen LogP contribution < -0.4 is 0 Å². The molecule has 5 nitrogen and oxygen atoms in total. The van der Waals surface area contributed by atoms with Gasteiger partial charge in [0, 0.05) is 31.6 Å². The van der Waals surface area contributed by atoms with Gasteiger partial charge in [0.15, 0.2) is 11.5 Å². The average Bonchev–Trinajstić information content (AvgIpc) is 3.15. The number of hydrogen-bond donors (Lipinski definition) is 1. The Bertz CT molecular complexity index is 763. The number of aliphatic hydroxyl groups is 1. The van der Waals surface area contributed by atoms with Crippen LogP contribution in [0, 0.1) is 23.2 Å². The first-order valence-electron chi connectivity index (χ1n) is 10.2. The maximum atomic E-state index is 12.9. The molecule has 2 aliphatic heterocycles. The molecule has 1 unspecified atom stereocenters. The summed E-state index contributed by atoms with van der Waals surface area (Å²) >= 11 is 0. The molecule has 0 aromatic carbocycles. The minimum absolute atomic E-state index is 0.0394. The van der Waals surface area contributed by atoms with Crippen LogP contribution in [0.5, 0.6) is 0 Å². The summed E-state index contributed by atoms with van der Waals surface area (Å²) in [6.07, 6.45) is 6.34. The van der Waals surface area contributed by atoms with Crippen molar-refractivity contribution in [1.82, 2.24) is 9.80 Å². The highest BCUT2D eigenvalue weighted by atomic mass is 16.4. The van der Waals surface area contributed by atoms with E-state index in [1.165, 1.54) is 38.8 Å². The molecule has 0 bridgehead atoms. The first-order chi connectivity index (χ1) is 12.8. The van der Waals surface area contributed by atoms with Gasteiger partial charge in [-0.1, -0.05) is 5.92 Å². The second kappa shape index (κ2) is 7.00. The number of likely N-dealkylation sites (tertiary alicyclic amines) is 2. The zero-order valence-electron chi connectivity index (χ0n) is 16.5. The van der Waals surface area contributed by atoms with Crippen LogP contribution in [0.25, 0.3) is 0 Å². The molecule has 1 atom stereocenters. The number of furan rings is 1. The summed E-state index contributed by atoms with van der Waals surface area (Å²) in [4.78, 5) is 17.5. The predicted molar refractivity (Wildman–Crippen MR) is 103 cm³/mol. The third-order valence-corrected chi connectivity index (χ3v) is 5.99. The van der Waals surface area contributed by atoms with Gasteiger partial charge in [0.1, 0.15) is 5.60 Å². The Morgan fingerprint density at radius 1 is 1.30 bits per heavy atom. The number of carbonyl (C=O) groups is 1.